The Hall–Kier alpha value is -1.30. The van der Waals surface area contributed by atoms with E-state index in [0.29, 0.717) is 0 Å². The molecule has 0 unspecified atom stereocenters. The highest BCUT2D eigenvalue weighted by Gasteiger charge is 1.92. The number of hydrogen-bond acceptors (Lipinski definition) is 6. The van der Waals surface area contributed by atoms with Gasteiger partial charge in [-0.3, -0.25) is 10.7 Å². The molecule has 0 rings (SSSR count). The maximum atomic E-state index is 9.44. The van der Waals surface area contributed by atoms with E-state index < -0.39 is 5.82 Å². The van der Waals surface area contributed by atoms with Crippen LogP contribution in [-0.2, 0) is 0 Å². The maximum absolute atomic E-state index is 9.44. The standard InChI is InChI=1S/C2H6N4O2/c3-1(5-7)2(4)6-8/h5,7H,3-4H2/b2-1-. The van der Waals surface area contributed by atoms with Gasteiger partial charge < -0.3 is 11.5 Å². The van der Waals surface area contributed by atoms with Gasteiger partial charge in [0.05, 0.1) is 0 Å². The highest BCUT2D eigenvalue weighted by molar-refractivity contribution is 5.00. The van der Waals surface area contributed by atoms with Crippen LogP contribution < -0.4 is 16.9 Å². The molecule has 0 aliphatic carbocycles. The molecular weight excluding hydrogens is 112 g/mol. The first-order chi connectivity index (χ1) is 3.72. The average Bonchev–Trinajstić information content (AvgIpc) is 1.84. The van der Waals surface area contributed by atoms with Crippen molar-refractivity contribution in [2.24, 2.45) is 16.6 Å². The molecule has 0 aliphatic rings. The first-order valence-electron chi connectivity index (χ1n) is 1.71. The van der Waals surface area contributed by atoms with Crippen LogP contribution in [0.15, 0.2) is 16.8 Å². The van der Waals surface area contributed by atoms with Crippen molar-refractivity contribution in [1.29, 1.82) is 0 Å². The van der Waals surface area contributed by atoms with Gasteiger partial charge in [-0.15, -0.1) is 4.91 Å². The third-order valence-electron chi connectivity index (χ3n) is 0.495. The molecule has 6 N–H and O–H groups in total. The summed E-state index contributed by atoms with van der Waals surface area (Å²) in [6.45, 7) is 0. The van der Waals surface area contributed by atoms with Crippen LogP contribution in [0.1, 0.15) is 0 Å². The van der Waals surface area contributed by atoms with E-state index in [1.54, 1.807) is 0 Å². The number of nitrogens with one attached hydrogen (secondary N) is 1. The van der Waals surface area contributed by atoms with Crippen LogP contribution >= 0.6 is 0 Å². The van der Waals surface area contributed by atoms with Crippen LogP contribution in [0.3, 0.4) is 0 Å². The van der Waals surface area contributed by atoms with Crippen molar-refractivity contribution in [2.45, 2.75) is 0 Å². The average molecular weight is 118 g/mol. The number of hydroxylamine groups is 1. The molecule has 6 nitrogen and oxygen atoms in total. The second kappa shape index (κ2) is 2.80. The van der Waals surface area contributed by atoms with Crippen LogP contribution in [0.5, 0.6) is 0 Å². The van der Waals surface area contributed by atoms with Gasteiger partial charge in [0.2, 0.25) is 5.82 Å². The minimum atomic E-state index is -0.465. The predicted molar refractivity (Wildman–Crippen MR) is 26.1 cm³/mol. The van der Waals surface area contributed by atoms with E-state index in [1.165, 1.54) is 5.48 Å². The first-order valence-corrected chi connectivity index (χ1v) is 1.71. The summed E-state index contributed by atoms with van der Waals surface area (Å²) < 4.78 is 0. The summed E-state index contributed by atoms with van der Waals surface area (Å²) in [5.74, 6) is -0.812. The zero-order valence-corrected chi connectivity index (χ0v) is 3.96. The predicted octanol–water partition coefficient (Wildman–Crippen LogP) is -1.22. The highest BCUT2D eigenvalue weighted by Crippen LogP contribution is 1.83. The molecule has 0 fully saturated rings. The van der Waals surface area contributed by atoms with Gasteiger partial charge in [0, 0.05) is 0 Å². The summed E-state index contributed by atoms with van der Waals surface area (Å²) in [6.07, 6.45) is 0. The Morgan fingerprint density at radius 1 is 1.62 bits per heavy atom. The van der Waals surface area contributed by atoms with Crippen molar-refractivity contribution in [3.8, 4) is 0 Å². The topological polar surface area (TPSA) is 114 Å². The van der Waals surface area contributed by atoms with E-state index >= 15 is 0 Å². The van der Waals surface area contributed by atoms with Crippen molar-refractivity contribution in [1.82, 2.24) is 5.48 Å². The SMILES string of the molecule is N/C(N=O)=C(\N)NO. The molecule has 0 aromatic carbocycles. The fourth-order valence-electron chi connectivity index (χ4n) is 0.106. The van der Waals surface area contributed by atoms with Crippen molar-refractivity contribution >= 4 is 0 Å². The zero-order valence-electron chi connectivity index (χ0n) is 3.96. The Kier molecular flexibility index (Phi) is 2.35. The van der Waals surface area contributed by atoms with Gasteiger partial charge in [-0.05, 0) is 5.18 Å². The number of nitroso groups, excluding NO2 is 1. The summed E-state index contributed by atoms with van der Waals surface area (Å²) in [5.41, 5.74) is 11.1. The molecule has 0 spiro atoms. The van der Waals surface area contributed by atoms with E-state index in [0.717, 1.165) is 0 Å². The Morgan fingerprint density at radius 2 is 2.12 bits per heavy atom. The lowest BCUT2D eigenvalue weighted by molar-refractivity contribution is 0.197. The summed E-state index contributed by atoms with van der Waals surface area (Å²) in [4.78, 5) is 9.44. The van der Waals surface area contributed by atoms with Gasteiger partial charge in [-0.25, -0.2) is 0 Å². The molecule has 0 aromatic rings. The zero-order chi connectivity index (χ0) is 6.57. The second-order valence-corrected chi connectivity index (χ2v) is 1.00. The largest absolute Gasteiger partial charge is 0.381 e. The third kappa shape index (κ3) is 1.43. The van der Waals surface area contributed by atoms with E-state index in [9.17, 15) is 4.91 Å². The molecule has 46 valence electrons. The molecule has 0 saturated carbocycles. The van der Waals surface area contributed by atoms with Crippen LogP contribution in [0.25, 0.3) is 0 Å². The molecule has 8 heavy (non-hydrogen) atoms. The molecule has 0 saturated heterocycles. The molecule has 0 amide bonds. The lowest BCUT2D eigenvalue weighted by Gasteiger charge is -1.94. The second-order valence-electron chi connectivity index (χ2n) is 1.00. The molecule has 6 heteroatoms. The van der Waals surface area contributed by atoms with Crippen molar-refractivity contribution in [3.63, 3.8) is 0 Å². The van der Waals surface area contributed by atoms with Crippen molar-refractivity contribution in [2.75, 3.05) is 0 Å². The van der Waals surface area contributed by atoms with E-state index in [-0.39, 0.29) is 5.82 Å². The number of hydrogen-bond donors (Lipinski definition) is 4. The Balaban J connectivity index is 4.03. The number of nitrogens with zero attached hydrogens (tertiary/aromatic N) is 1. The number of rotatable bonds is 2. The molecule has 0 aromatic heterocycles. The lowest BCUT2D eigenvalue weighted by Crippen LogP contribution is -2.20. The summed E-state index contributed by atoms with van der Waals surface area (Å²) >= 11 is 0. The Labute approximate surface area is 45.1 Å². The summed E-state index contributed by atoms with van der Waals surface area (Å²) in [5, 5.41) is 10.1. The van der Waals surface area contributed by atoms with E-state index in [1.807, 2.05) is 0 Å². The van der Waals surface area contributed by atoms with Gasteiger partial charge in [0.1, 0.15) is 0 Å². The molecule has 0 radical (unpaired) electrons. The van der Waals surface area contributed by atoms with Crippen molar-refractivity contribution in [3.05, 3.63) is 16.5 Å². The molecule has 0 aliphatic heterocycles. The Bertz CT molecular complexity index is 119. The smallest absolute Gasteiger partial charge is 0.210 e. The number of nitrogens with two attached hydrogens (primary N) is 2. The molecular formula is C2H6N4O2. The van der Waals surface area contributed by atoms with Crippen molar-refractivity contribution < 1.29 is 5.21 Å². The Morgan fingerprint density at radius 3 is 2.25 bits per heavy atom. The van der Waals surface area contributed by atoms with E-state index in [2.05, 4.69) is 5.18 Å². The van der Waals surface area contributed by atoms with Gasteiger partial charge >= 0.3 is 0 Å². The quantitative estimate of drug-likeness (QED) is 0.268. The lowest BCUT2D eigenvalue weighted by atomic mass is 10.7. The van der Waals surface area contributed by atoms with Gasteiger partial charge in [0.25, 0.3) is 0 Å². The molecule has 0 atom stereocenters. The first kappa shape index (κ1) is 6.70. The fraction of sp³-hybridized carbons (Fsp3) is 0. The molecule has 0 heterocycles. The summed E-state index contributed by atoms with van der Waals surface area (Å²) in [7, 11) is 0. The maximum Gasteiger partial charge on any atom is 0.210 e. The molecule has 0 bridgehead atoms. The van der Waals surface area contributed by atoms with Crippen LogP contribution in [0.2, 0.25) is 0 Å². The highest BCUT2D eigenvalue weighted by atomic mass is 16.5. The minimum Gasteiger partial charge on any atom is -0.381 e. The minimum absolute atomic E-state index is 0.347. The van der Waals surface area contributed by atoms with Gasteiger partial charge in [-0.1, -0.05) is 0 Å². The van der Waals surface area contributed by atoms with Gasteiger partial charge in [0.15, 0.2) is 5.82 Å². The van der Waals surface area contributed by atoms with Crippen LogP contribution in [0, 0.1) is 4.91 Å². The van der Waals surface area contributed by atoms with E-state index in [4.69, 9.17) is 16.7 Å². The van der Waals surface area contributed by atoms with Crippen LogP contribution in [0.4, 0.5) is 0 Å². The third-order valence-corrected chi connectivity index (χ3v) is 0.495. The fourth-order valence-corrected chi connectivity index (χ4v) is 0.106. The summed E-state index contributed by atoms with van der Waals surface area (Å²) in [6, 6.07) is 0. The normalized spacial score (nSPS) is 12.1. The van der Waals surface area contributed by atoms with Gasteiger partial charge in [-0.2, -0.15) is 0 Å². The monoisotopic (exact) mass is 118 g/mol. The van der Waals surface area contributed by atoms with Crippen LogP contribution in [-0.4, -0.2) is 5.21 Å².